The summed E-state index contributed by atoms with van der Waals surface area (Å²) < 4.78 is 55.7. The molecule has 188 valence electrons. The quantitative estimate of drug-likeness (QED) is 0.473. The molecule has 36 heavy (non-hydrogen) atoms. The molecule has 1 aliphatic heterocycles. The van der Waals surface area contributed by atoms with Gasteiger partial charge in [-0.3, -0.25) is 14.5 Å². The first-order valence-corrected chi connectivity index (χ1v) is 11.5. The minimum atomic E-state index is -4.88. The van der Waals surface area contributed by atoms with Gasteiger partial charge in [0, 0.05) is 12.7 Å². The number of nitrogens with one attached hydrogen (secondary N) is 1. The Kier molecular flexibility index (Phi) is 6.47. The number of anilines is 2. The van der Waals surface area contributed by atoms with E-state index in [1.54, 1.807) is 0 Å². The summed E-state index contributed by atoms with van der Waals surface area (Å²) in [5.41, 5.74) is -3.60. The van der Waals surface area contributed by atoms with Gasteiger partial charge in [0.15, 0.2) is 10.8 Å². The van der Waals surface area contributed by atoms with E-state index in [4.69, 9.17) is 17.5 Å². The smallest absolute Gasteiger partial charge is 0.355 e. The fourth-order valence-electron chi connectivity index (χ4n) is 5.02. The van der Waals surface area contributed by atoms with E-state index < -0.39 is 40.6 Å². The van der Waals surface area contributed by atoms with Crippen LogP contribution in [0.4, 0.5) is 28.9 Å². The highest BCUT2D eigenvalue weighted by atomic mass is 32.1. The minimum absolute atomic E-state index is 0.0905. The number of nitriles is 1. The van der Waals surface area contributed by atoms with Gasteiger partial charge in [-0.1, -0.05) is 19.8 Å². The van der Waals surface area contributed by atoms with E-state index in [1.165, 1.54) is 30.1 Å². The second-order valence-electron chi connectivity index (χ2n) is 8.93. The zero-order chi connectivity index (χ0) is 26.4. The van der Waals surface area contributed by atoms with Gasteiger partial charge < -0.3 is 10.2 Å². The molecule has 2 aliphatic rings. The zero-order valence-electron chi connectivity index (χ0n) is 19.3. The number of aromatic nitrogens is 1. The summed E-state index contributed by atoms with van der Waals surface area (Å²) in [6.07, 6.45) is -1.70. The summed E-state index contributed by atoms with van der Waals surface area (Å²) in [4.78, 5) is 31.9. The molecule has 1 spiro atoms. The van der Waals surface area contributed by atoms with E-state index >= 15 is 0 Å². The zero-order valence-corrected chi connectivity index (χ0v) is 20.1. The summed E-state index contributed by atoms with van der Waals surface area (Å²) in [6.45, 7) is 1.96. The van der Waals surface area contributed by atoms with Gasteiger partial charge in [0.25, 0.3) is 11.8 Å². The van der Waals surface area contributed by atoms with E-state index in [0.717, 1.165) is 23.6 Å². The normalized spacial score (nSPS) is 22.2. The van der Waals surface area contributed by atoms with Crippen molar-refractivity contribution in [3.63, 3.8) is 0 Å². The van der Waals surface area contributed by atoms with Crippen LogP contribution in [0.2, 0.25) is 0 Å². The predicted octanol–water partition coefficient (Wildman–Crippen LogP) is 4.56. The second-order valence-corrected chi connectivity index (χ2v) is 9.30. The van der Waals surface area contributed by atoms with Crippen LogP contribution in [-0.4, -0.2) is 34.5 Å². The van der Waals surface area contributed by atoms with E-state index in [-0.39, 0.29) is 28.0 Å². The number of alkyl halides is 3. The van der Waals surface area contributed by atoms with Crippen LogP contribution in [0.3, 0.4) is 0 Å². The van der Waals surface area contributed by atoms with Crippen molar-refractivity contribution >= 4 is 40.5 Å². The van der Waals surface area contributed by atoms with Crippen LogP contribution in [-0.2, 0) is 11.0 Å². The molecule has 1 aromatic carbocycles. The molecule has 7 nitrogen and oxygen atoms in total. The lowest BCUT2D eigenvalue weighted by Gasteiger charge is -2.41. The maximum Gasteiger partial charge on any atom is 0.419 e. The average molecular weight is 520 g/mol. The van der Waals surface area contributed by atoms with Crippen molar-refractivity contribution in [3.8, 4) is 6.07 Å². The molecule has 4 rings (SSSR count). The van der Waals surface area contributed by atoms with Crippen LogP contribution < -0.4 is 15.1 Å². The Morgan fingerprint density at radius 3 is 2.61 bits per heavy atom. The van der Waals surface area contributed by atoms with Gasteiger partial charge in [0.1, 0.15) is 17.4 Å². The van der Waals surface area contributed by atoms with Crippen molar-refractivity contribution in [2.75, 3.05) is 16.8 Å². The lowest BCUT2D eigenvalue weighted by molar-refractivity contribution is -0.138. The first kappa shape index (κ1) is 25.5. The maximum atomic E-state index is 14.9. The number of carbonyl (C=O) groups is 2. The molecule has 2 fully saturated rings. The topological polar surface area (TPSA) is 89.3 Å². The Morgan fingerprint density at radius 1 is 1.31 bits per heavy atom. The molecule has 2 heterocycles. The van der Waals surface area contributed by atoms with Crippen molar-refractivity contribution in [3.05, 3.63) is 53.1 Å². The number of amides is 2. The molecule has 12 heteroatoms. The summed E-state index contributed by atoms with van der Waals surface area (Å²) in [5, 5.41) is 11.3. The van der Waals surface area contributed by atoms with Crippen LogP contribution in [0.15, 0.2) is 30.5 Å². The van der Waals surface area contributed by atoms with Crippen molar-refractivity contribution < 1.29 is 27.2 Å². The fraction of sp³-hybridized carbons (Fsp3) is 0.375. The Balaban J connectivity index is 1.87. The number of halogens is 4. The second kappa shape index (κ2) is 9.13. The monoisotopic (exact) mass is 519 g/mol. The minimum Gasteiger partial charge on any atom is -0.355 e. The van der Waals surface area contributed by atoms with Crippen molar-refractivity contribution in [1.29, 1.82) is 5.26 Å². The number of carbonyl (C=O) groups excluding carboxylic acids is 2. The number of benzene rings is 1. The summed E-state index contributed by atoms with van der Waals surface area (Å²) in [5.74, 6) is -1.92. The molecule has 1 saturated carbocycles. The Bertz CT molecular complexity index is 1310. The van der Waals surface area contributed by atoms with Crippen LogP contribution in [0.5, 0.6) is 0 Å². The van der Waals surface area contributed by atoms with E-state index in [9.17, 15) is 27.2 Å². The molecule has 0 bridgehead atoms. The molecule has 1 N–H and O–H groups in total. The molecular weight excluding hydrogens is 498 g/mol. The van der Waals surface area contributed by atoms with Crippen molar-refractivity contribution in [2.24, 2.45) is 5.92 Å². The van der Waals surface area contributed by atoms with Gasteiger partial charge >= 0.3 is 6.18 Å². The summed E-state index contributed by atoms with van der Waals surface area (Å²) in [6, 6.07) is 5.90. The highest BCUT2D eigenvalue weighted by Crippen LogP contribution is 2.47. The molecule has 1 aliphatic carbocycles. The molecular formula is C24H21F4N5O2S. The van der Waals surface area contributed by atoms with Crippen molar-refractivity contribution in [2.45, 2.75) is 44.3 Å². The largest absolute Gasteiger partial charge is 0.419 e. The van der Waals surface area contributed by atoms with E-state index in [1.807, 2.05) is 6.92 Å². The van der Waals surface area contributed by atoms with Crippen LogP contribution in [0.1, 0.15) is 54.2 Å². The van der Waals surface area contributed by atoms with Crippen LogP contribution in [0, 0.1) is 23.1 Å². The standard InChI is InChI=1S/C24H21F4N5O2S/c1-13-4-3-7-23(10-13)21(35)32(15-8-17(24(26,27)28)19(11-29)31-12-15)22(36)33(23)14-5-6-16(18(25)9-14)20(34)30-2/h5-6,8-9,12-13H,3-4,7,10H2,1-2H3,(H,30,34). The van der Waals surface area contributed by atoms with E-state index in [0.29, 0.717) is 25.3 Å². The average Bonchev–Trinajstić information content (AvgIpc) is 3.02. The van der Waals surface area contributed by atoms with Gasteiger partial charge in [-0.05, 0) is 55.2 Å². The van der Waals surface area contributed by atoms with Crippen LogP contribution >= 0.6 is 12.2 Å². The maximum absolute atomic E-state index is 14.9. The highest BCUT2D eigenvalue weighted by molar-refractivity contribution is 7.81. The number of rotatable bonds is 3. The fourth-order valence-corrected chi connectivity index (χ4v) is 5.49. The lowest BCUT2D eigenvalue weighted by Crippen LogP contribution is -2.52. The third kappa shape index (κ3) is 4.07. The molecule has 1 aromatic heterocycles. The summed E-state index contributed by atoms with van der Waals surface area (Å²) in [7, 11) is 1.36. The van der Waals surface area contributed by atoms with E-state index in [2.05, 4.69) is 10.3 Å². The number of pyridine rings is 1. The highest BCUT2D eigenvalue weighted by Gasteiger charge is 2.57. The molecule has 2 amide bonds. The Hall–Kier alpha value is -3.59. The lowest BCUT2D eigenvalue weighted by atomic mass is 9.75. The SMILES string of the molecule is CNC(=O)c1ccc(N2C(=S)N(c3cnc(C#N)c(C(F)(F)F)c3)C(=O)C23CCCC(C)C3)cc1F. The van der Waals surface area contributed by atoms with Gasteiger partial charge in [-0.15, -0.1) is 0 Å². The Morgan fingerprint density at radius 2 is 2.03 bits per heavy atom. The van der Waals surface area contributed by atoms with Gasteiger partial charge in [0.05, 0.1) is 23.0 Å². The predicted molar refractivity (Wildman–Crippen MR) is 127 cm³/mol. The molecule has 0 radical (unpaired) electrons. The molecule has 2 unspecified atom stereocenters. The molecule has 1 saturated heterocycles. The first-order chi connectivity index (χ1) is 16.9. The summed E-state index contributed by atoms with van der Waals surface area (Å²) >= 11 is 5.60. The number of hydrogen-bond acceptors (Lipinski definition) is 5. The first-order valence-electron chi connectivity index (χ1n) is 11.1. The van der Waals surface area contributed by atoms with Crippen molar-refractivity contribution in [1.82, 2.24) is 10.3 Å². The van der Waals surface area contributed by atoms with Crippen LogP contribution in [0.25, 0.3) is 0 Å². The Labute approximate surface area is 209 Å². The third-order valence-corrected chi connectivity index (χ3v) is 6.98. The number of thiocarbonyl (C=S) groups is 1. The number of nitrogens with zero attached hydrogens (tertiary/aromatic N) is 4. The molecule has 2 atom stereocenters. The molecule has 2 aromatic rings. The van der Waals surface area contributed by atoms with Gasteiger partial charge in [-0.25, -0.2) is 9.37 Å². The van der Waals surface area contributed by atoms with Gasteiger partial charge in [-0.2, -0.15) is 18.4 Å². The third-order valence-electron chi connectivity index (χ3n) is 6.61. The number of hydrogen-bond donors (Lipinski definition) is 1. The van der Waals surface area contributed by atoms with Gasteiger partial charge in [0.2, 0.25) is 0 Å².